The summed E-state index contributed by atoms with van der Waals surface area (Å²) in [6.07, 6.45) is 0. The molecule has 0 unspecified atom stereocenters. The molecule has 0 amide bonds. The second-order valence-electron chi connectivity index (χ2n) is 8.00. The number of para-hydroxylation sites is 1. The zero-order valence-corrected chi connectivity index (χ0v) is 12.1. The maximum atomic E-state index is 13.0. The molecule has 6 aliphatic rings. The predicted molar refractivity (Wildman–Crippen MR) is 77.9 cm³/mol. The summed E-state index contributed by atoms with van der Waals surface area (Å²) in [5.41, 5.74) is 0.856. The van der Waals surface area contributed by atoms with Crippen LogP contribution in [0.1, 0.15) is 19.0 Å². The summed E-state index contributed by atoms with van der Waals surface area (Å²) in [4.78, 5) is 25.9. The average molecular weight is 293 g/mol. The Kier molecular flexibility index (Phi) is 1.29. The summed E-state index contributed by atoms with van der Waals surface area (Å²) >= 11 is 0. The summed E-state index contributed by atoms with van der Waals surface area (Å²) in [5.74, 6) is 3.44. The summed E-state index contributed by atoms with van der Waals surface area (Å²) < 4.78 is 5.04. The highest BCUT2D eigenvalue weighted by molar-refractivity contribution is 5.43. The zero-order chi connectivity index (χ0) is 14.5. The van der Waals surface area contributed by atoms with Crippen LogP contribution < -0.4 is 11.4 Å². The van der Waals surface area contributed by atoms with Gasteiger partial charge in [-0.3, -0.25) is 0 Å². The van der Waals surface area contributed by atoms with Gasteiger partial charge < -0.3 is 0 Å². The molecule has 3 heterocycles. The van der Waals surface area contributed by atoms with Gasteiger partial charge in [0.2, 0.25) is 0 Å². The Morgan fingerprint density at radius 3 is 1.86 bits per heavy atom. The molecule has 5 nitrogen and oxygen atoms in total. The molecule has 0 spiro atoms. The topological polar surface area (TPSA) is 48.9 Å². The summed E-state index contributed by atoms with van der Waals surface area (Å²) in [7, 11) is 0. The maximum absolute atomic E-state index is 13.0. The van der Waals surface area contributed by atoms with E-state index in [4.69, 9.17) is 0 Å². The van der Waals surface area contributed by atoms with Crippen molar-refractivity contribution in [3.05, 3.63) is 51.3 Å². The van der Waals surface area contributed by atoms with E-state index in [2.05, 4.69) is 6.92 Å². The van der Waals surface area contributed by atoms with Crippen LogP contribution in [0.4, 0.5) is 0 Å². The minimum absolute atomic E-state index is 0.134. The smallest absolute Gasteiger partial charge is 0.245 e. The van der Waals surface area contributed by atoms with Crippen LogP contribution in [0.5, 0.6) is 0 Å². The van der Waals surface area contributed by atoms with Gasteiger partial charge in [-0.05, 0) is 47.1 Å². The first kappa shape index (κ1) is 10.6. The SMILES string of the molecule is CC12C3[C@@H]4[C@@H]3[C@H]3[C@H]1[C@@H]2[C@H]4n1c(=O)n(-c2ccccc2)c(=O)n13. The molecule has 4 fully saturated rings. The zero-order valence-electron chi connectivity index (χ0n) is 12.1. The van der Waals surface area contributed by atoms with Crippen LogP contribution in [-0.2, 0) is 0 Å². The first-order chi connectivity index (χ1) is 10.7. The minimum atomic E-state index is -0.134. The molecule has 2 aliphatic heterocycles. The molecular weight excluding hydrogens is 278 g/mol. The lowest BCUT2D eigenvalue weighted by Crippen LogP contribution is -2.45. The largest absolute Gasteiger partial charge is 0.352 e. The highest BCUT2D eigenvalue weighted by atomic mass is 16.2. The van der Waals surface area contributed by atoms with E-state index < -0.39 is 0 Å². The predicted octanol–water partition coefficient (Wildman–Crippen LogP) is 1.04. The number of nitrogens with zero attached hydrogens (tertiary/aromatic N) is 3. The summed E-state index contributed by atoms with van der Waals surface area (Å²) in [6.45, 7) is 2.40. The molecule has 2 bridgehead atoms. The van der Waals surface area contributed by atoms with E-state index in [0.29, 0.717) is 46.9 Å². The third kappa shape index (κ3) is 0.733. The van der Waals surface area contributed by atoms with E-state index in [9.17, 15) is 9.59 Å². The highest BCUT2D eigenvalue weighted by Gasteiger charge is 2.95. The van der Waals surface area contributed by atoms with Gasteiger partial charge in [0, 0.05) is 0 Å². The molecule has 0 saturated heterocycles. The van der Waals surface area contributed by atoms with E-state index in [-0.39, 0.29) is 11.4 Å². The lowest BCUT2D eigenvalue weighted by molar-refractivity contribution is 0.112. The number of benzene rings is 1. The molecule has 0 N–H and O–H groups in total. The van der Waals surface area contributed by atoms with Gasteiger partial charge in [-0.25, -0.2) is 23.5 Å². The first-order valence-electron chi connectivity index (χ1n) is 8.19. The molecule has 6 atom stereocenters. The minimum Gasteiger partial charge on any atom is -0.245 e. The van der Waals surface area contributed by atoms with E-state index in [1.54, 1.807) is 0 Å². The van der Waals surface area contributed by atoms with Crippen molar-refractivity contribution in [1.29, 1.82) is 0 Å². The number of rotatable bonds is 1. The Morgan fingerprint density at radius 2 is 1.41 bits per heavy atom. The van der Waals surface area contributed by atoms with Crippen molar-refractivity contribution in [3.8, 4) is 5.69 Å². The molecule has 4 saturated carbocycles. The van der Waals surface area contributed by atoms with E-state index in [0.717, 1.165) is 5.92 Å². The second-order valence-corrected chi connectivity index (χ2v) is 8.00. The van der Waals surface area contributed by atoms with Gasteiger partial charge in [0.05, 0.1) is 17.8 Å². The van der Waals surface area contributed by atoms with Crippen LogP contribution in [-0.4, -0.2) is 13.9 Å². The first-order valence-corrected chi connectivity index (χ1v) is 8.19. The van der Waals surface area contributed by atoms with Crippen molar-refractivity contribution in [3.63, 3.8) is 0 Å². The van der Waals surface area contributed by atoms with Gasteiger partial charge in [-0.2, -0.15) is 0 Å². The van der Waals surface area contributed by atoms with Gasteiger partial charge in [0.25, 0.3) is 0 Å². The van der Waals surface area contributed by atoms with Crippen molar-refractivity contribution in [2.75, 3.05) is 0 Å². The average Bonchev–Trinajstić information content (AvgIpc) is 3.34. The van der Waals surface area contributed by atoms with Gasteiger partial charge >= 0.3 is 11.4 Å². The molecule has 22 heavy (non-hydrogen) atoms. The van der Waals surface area contributed by atoms with Gasteiger partial charge in [0.15, 0.2) is 0 Å². The quantitative estimate of drug-likeness (QED) is 0.789. The van der Waals surface area contributed by atoms with Crippen molar-refractivity contribution < 1.29 is 0 Å². The fourth-order valence-corrected chi connectivity index (χ4v) is 7.20. The molecule has 4 aliphatic carbocycles. The molecule has 1 aromatic heterocycles. The van der Waals surface area contributed by atoms with Crippen LogP contribution in [0.25, 0.3) is 5.69 Å². The van der Waals surface area contributed by atoms with Crippen LogP contribution in [0.15, 0.2) is 39.9 Å². The van der Waals surface area contributed by atoms with E-state index in [1.165, 1.54) is 4.57 Å². The summed E-state index contributed by atoms with van der Waals surface area (Å²) in [6, 6.07) is 9.91. The normalized spacial score (nSPS) is 50.1. The molecule has 1 aromatic carbocycles. The maximum Gasteiger partial charge on any atom is 0.352 e. The van der Waals surface area contributed by atoms with Gasteiger partial charge in [-0.15, -0.1) is 0 Å². The van der Waals surface area contributed by atoms with Gasteiger partial charge in [0.1, 0.15) is 0 Å². The number of aromatic nitrogens is 3. The Bertz CT molecular complexity index is 942. The lowest BCUT2D eigenvalue weighted by atomic mass is 9.89. The number of hydrogen-bond donors (Lipinski definition) is 0. The molecular formula is C17H15N3O2. The number of hydrogen-bond acceptors (Lipinski definition) is 2. The monoisotopic (exact) mass is 293 g/mol. The molecule has 110 valence electrons. The third-order valence-electron chi connectivity index (χ3n) is 7.68. The Labute approximate surface area is 125 Å². The Morgan fingerprint density at radius 1 is 0.864 bits per heavy atom. The summed E-state index contributed by atoms with van der Waals surface area (Å²) in [5, 5.41) is 0. The van der Waals surface area contributed by atoms with Crippen molar-refractivity contribution in [2.24, 2.45) is 35.0 Å². The highest BCUT2D eigenvalue weighted by Crippen LogP contribution is 2.97. The van der Waals surface area contributed by atoms with Crippen LogP contribution >= 0.6 is 0 Å². The Hall–Kier alpha value is -2.04. The molecule has 2 aromatic rings. The van der Waals surface area contributed by atoms with Gasteiger partial charge in [-0.1, -0.05) is 25.1 Å². The van der Waals surface area contributed by atoms with E-state index in [1.807, 2.05) is 39.7 Å². The standard InChI is InChI=1S/C17H15N3O2/c1-17-10-8-9(10)14-12(17)11(17)13(8)19-15(21)18(16(22)20(14)19)7-5-3-2-4-6-7/h2-6,8-14H,1H3/t8-,9-,10?,11+,12+,13-,14-,17?/m0/s1. The van der Waals surface area contributed by atoms with E-state index >= 15 is 0 Å². The van der Waals surface area contributed by atoms with Crippen LogP contribution in [0.3, 0.4) is 0 Å². The molecule has 0 radical (unpaired) electrons. The van der Waals surface area contributed by atoms with Crippen molar-refractivity contribution >= 4 is 0 Å². The Balaban J connectivity index is 1.57. The lowest BCUT2D eigenvalue weighted by Gasteiger charge is -2.36. The van der Waals surface area contributed by atoms with Crippen molar-refractivity contribution in [2.45, 2.75) is 19.0 Å². The molecule has 5 heteroatoms. The fraction of sp³-hybridized carbons (Fsp3) is 0.529. The van der Waals surface area contributed by atoms with Crippen LogP contribution in [0, 0.1) is 35.0 Å². The second kappa shape index (κ2) is 2.66. The van der Waals surface area contributed by atoms with Crippen LogP contribution in [0.2, 0.25) is 0 Å². The fourth-order valence-electron chi connectivity index (χ4n) is 7.20. The molecule has 8 rings (SSSR count). The third-order valence-corrected chi connectivity index (χ3v) is 7.68. The van der Waals surface area contributed by atoms with Crippen molar-refractivity contribution in [1.82, 2.24) is 13.9 Å².